The highest BCUT2D eigenvalue weighted by Crippen LogP contribution is 2.28. The molecule has 0 aliphatic carbocycles. The molecule has 1 N–H and O–H groups in total. The third-order valence-electron chi connectivity index (χ3n) is 3.31. The topological polar surface area (TPSA) is 24.4 Å². The minimum absolute atomic E-state index is 0.331. The van der Waals surface area contributed by atoms with E-state index in [9.17, 15) is 0 Å². The van der Waals surface area contributed by atoms with E-state index in [-0.39, 0.29) is 0 Å². The van der Waals surface area contributed by atoms with Crippen molar-refractivity contribution in [2.75, 3.05) is 29.6 Å². The SMILES string of the molecule is CC(C)(C)C1CCSC(=NCC2CSCCS2)N1. The molecular weight excluding hydrogens is 280 g/mol. The summed E-state index contributed by atoms with van der Waals surface area (Å²) in [7, 11) is 0. The van der Waals surface area contributed by atoms with E-state index in [0.717, 1.165) is 11.8 Å². The first kappa shape index (κ1) is 14.9. The van der Waals surface area contributed by atoms with Gasteiger partial charge in [0.1, 0.15) is 0 Å². The van der Waals surface area contributed by atoms with E-state index in [4.69, 9.17) is 4.99 Å². The van der Waals surface area contributed by atoms with Crippen LogP contribution in [0.3, 0.4) is 0 Å². The molecule has 0 aromatic rings. The van der Waals surface area contributed by atoms with Crippen LogP contribution in [0, 0.1) is 5.41 Å². The van der Waals surface area contributed by atoms with Gasteiger partial charge >= 0.3 is 0 Å². The van der Waals surface area contributed by atoms with Crippen molar-refractivity contribution in [1.29, 1.82) is 0 Å². The molecule has 2 heterocycles. The maximum Gasteiger partial charge on any atom is 0.156 e. The second-order valence-corrected chi connectivity index (χ2v) is 9.56. The first-order valence-electron chi connectivity index (χ1n) is 6.69. The van der Waals surface area contributed by atoms with Gasteiger partial charge in [0.2, 0.25) is 0 Å². The predicted octanol–water partition coefficient (Wildman–Crippen LogP) is 3.33. The van der Waals surface area contributed by atoms with Crippen molar-refractivity contribution in [2.24, 2.45) is 10.4 Å². The van der Waals surface area contributed by atoms with Crippen molar-refractivity contribution in [2.45, 2.75) is 38.5 Å². The minimum atomic E-state index is 0.331. The van der Waals surface area contributed by atoms with Crippen LogP contribution in [0.5, 0.6) is 0 Å². The van der Waals surface area contributed by atoms with Crippen LogP contribution in [0.4, 0.5) is 0 Å². The quantitative estimate of drug-likeness (QED) is 0.846. The molecule has 0 spiro atoms. The van der Waals surface area contributed by atoms with Crippen molar-refractivity contribution < 1.29 is 0 Å². The average molecular weight is 305 g/mol. The molecule has 2 atom stereocenters. The third kappa shape index (κ3) is 4.57. The van der Waals surface area contributed by atoms with Crippen molar-refractivity contribution in [1.82, 2.24) is 5.32 Å². The van der Waals surface area contributed by atoms with E-state index >= 15 is 0 Å². The highest BCUT2D eigenvalue weighted by Gasteiger charge is 2.28. The van der Waals surface area contributed by atoms with Gasteiger partial charge in [-0.25, -0.2) is 0 Å². The Hall–Kier alpha value is 0.520. The lowest BCUT2D eigenvalue weighted by molar-refractivity contribution is 0.290. The smallest absolute Gasteiger partial charge is 0.156 e. The number of hydrogen-bond donors (Lipinski definition) is 1. The zero-order valence-corrected chi connectivity index (χ0v) is 14.0. The highest BCUT2D eigenvalue weighted by molar-refractivity contribution is 8.13. The number of aliphatic imine (C=N–C) groups is 1. The monoisotopic (exact) mass is 304 g/mol. The molecule has 2 saturated heterocycles. The number of rotatable bonds is 2. The van der Waals surface area contributed by atoms with Crippen molar-refractivity contribution in [3.63, 3.8) is 0 Å². The van der Waals surface area contributed by atoms with Gasteiger partial charge in [0.25, 0.3) is 0 Å². The van der Waals surface area contributed by atoms with Gasteiger partial charge in [0, 0.05) is 34.3 Å². The van der Waals surface area contributed by atoms with Gasteiger partial charge in [-0.05, 0) is 11.8 Å². The first-order valence-corrected chi connectivity index (χ1v) is 9.88. The summed E-state index contributed by atoms with van der Waals surface area (Å²) in [5.41, 5.74) is 0.331. The Kier molecular flexibility index (Phi) is 5.63. The number of hydrogen-bond acceptors (Lipinski definition) is 4. The van der Waals surface area contributed by atoms with Gasteiger partial charge in [-0.15, -0.1) is 0 Å². The standard InChI is InChI=1S/C13H24N2S3/c1-13(2,3)11-4-5-18-12(15-11)14-8-10-9-16-6-7-17-10/h10-11H,4-9H2,1-3H3,(H,14,15). The lowest BCUT2D eigenvalue weighted by Crippen LogP contribution is -2.46. The average Bonchev–Trinajstić information content (AvgIpc) is 2.37. The largest absolute Gasteiger partial charge is 0.362 e. The highest BCUT2D eigenvalue weighted by atomic mass is 32.2. The fraction of sp³-hybridized carbons (Fsp3) is 0.923. The molecule has 5 heteroatoms. The normalized spacial score (nSPS) is 32.3. The Labute approximate surface area is 124 Å². The van der Waals surface area contributed by atoms with Gasteiger partial charge in [-0.2, -0.15) is 23.5 Å². The van der Waals surface area contributed by atoms with Crippen molar-refractivity contribution in [3.8, 4) is 0 Å². The van der Waals surface area contributed by atoms with E-state index in [1.165, 1.54) is 34.6 Å². The molecule has 0 aromatic carbocycles. The van der Waals surface area contributed by atoms with Gasteiger partial charge in [0.15, 0.2) is 5.17 Å². The number of nitrogens with one attached hydrogen (secondary N) is 1. The van der Waals surface area contributed by atoms with Crippen LogP contribution in [0.1, 0.15) is 27.2 Å². The molecule has 18 heavy (non-hydrogen) atoms. The lowest BCUT2D eigenvalue weighted by atomic mass is 9.85. The Bertz CT molecular complexity index is 293. The van der Waals surface area contributed by atoms with E-state index in [1.807, 2.05) is 11.8 Å². The Balaban J connectivity index is 1.84. The lowest BCUT2D eigenvalue weighted by Gasteiger charge is -2.35. The van der Waals surface area contributed by atoms with Crippen LogP contribution in [0.2, 0.25) is 0 Å². The van der Waals surface area contributed by atoms with Crippen LogP contribution < -0.4 is 5.32 Å². The van der Waals surface area contributed by atoms with Gasteiger partial charge in [-0.1, -0.05) is 32.5 Å². The zero-order valence-electron chi connectivity index (χ0n) is 11.6. The summed E-state index contributed by atoms with van der Waals surface area (Å²) in [6.07, 6.45) is 1.25. The zero-order chi connectivity index (χ0) is 13.0. The van der Waals surface area contributed by atoms with Crippen LogP contribution in [0.25, 0.3) is 0 Å². The van der Waals surface area contributed by atoms with Gasteiger partial charge in [-0.3, -0.25) is 4.99 Å². The molecule has 2 nitrogen and oxygen atoms in total. The summed E-state index contributed by atoms with van der Waals surface area (Å²) < 4.78 is 0. The molecule has 2 rings (SSSR count). The predicted molar refractivity (Wildman–Crippen MR) is 89.3 cm³/mol. The molecule has 2 unspecified atom stereocenters. The van der Waals surface area contributed by atoms with E-state index in [1.54, 1.807) is 0 Å². The van der Waals surface area contributed by atoms with Crippen LogP contribution in [0.15, 0.2) is 4.99 Å². The third-order valence-corrected chi connectivity index (χ3v) is 7.10. The molecule has 2 fully saturated rings. The molecule has 0 bridgehead atoms. The second-order valence-electron chi connectivity index (χ2n) is 5.91. The summed E-state index contributed by atoms with van der Waals surface area (Å²) in [5.74, 6) is 5.09. The van der Waals surface area contributed by atoms with E-state index in [2.05, 4.69) is 49.6 Å². The van der Waals surface area contributed by atoms with E-state index in [0.29, 0.717) is 11.5 Å². The molecule has 0 amide bonds. The fourth-order valence-electron chi connectivity index (χ4n) is 2.10. The number of amidine groups is 1. The molecule has 0 saturated carbocycles. The summed E-state index contributed by atoms with van der Waals surface area (Å²) in [4.78, 5) is 4.80. The minimum Gasteiger partial charge on any atom is -0.362 e. The van der Waals surface area contributed by atoms with Gasteiger partial charge < -0.3 is 5.32 Å². The van der Waals surface area contributed by atoms with Crippen LogP contribution in [-0.2, 0) is 0 Å². The number of thioether (sulfide) groups is 3. The van der Waals surface area contributed by atoms with Crippen LogP contribution in [-0.4, -0.2) is 46.0 Å². The van der Waals surface area contributed by atoms with Gasteiger partial charge in [0.05, 0.1) is 6.54 Å². The van der Waals surface area contributed by atoms with Crippen molar-refractivity contribution >= 4 is 40.5 Å². The Morgan fingerprint density at radius 3 is 2.78 bits per heavy atom. The van der Waals surface area contributed by atoms with E-state index < -0.39 is 0 Å². The molecule has 2 aliphatic rings. The summed E-state index contributed by atoms with van der Waals surface area (Å²) >= 11 is 6.06. The fourth-order valence-corrected chi connectivity index (χ4v) is 5.62. The molecule has 0 radical (unpaired) electrons. The molecule has 0 aromatic heterocycles. The molecule has 2 aliphatic heterocycles. The Morgan fingerprint density at radius 1 is 1.28 bits per heavy atom. The summed E-state index contributed by atoms with van der Waals surface area (Å²) in [6, 6.07) is 0.575. The summed E-state index contributed by atoms with van der Waals surface area (Å²) in [5, 5.41) is 5.54. The summed E-state index contributed by atoms with van der Waals surface area (Å²) in [6.45, 7) is 7.92. The van der Waals surface area contributed by atoms with Crippen molar-refractivity contribution in [3.05, 3.63) is 0 Å². The first-order chi connectivity index (χ1) is 8.55. The molecule has 104 valence electrons. The maximum atomic E-state index is 4.80. The maximum absolute atomic E-state index is 4.80. The Morgan fingerprint density at radius 2 is 2.11 bits per heavy atom. The second kappa shape index (κ2) is 6.80. The van der Waals surface area contributed by atoms with Crippen LogP contribution >= 0.6 is 35.3 Å². The molecular formula is C13H24N2S3. The number of nitrogens with zero attached hydrogens (tertiary/aromatic N) is 1.